The van der Waals surface area contributed by atoms with Crippen molar-refractivity contribution < 1.29 is 14.9 Å². The summed E-state index contributed by atoms with van der Waals surface area (Å²) in [5.74, 6) is 0.855. The van der Waals surface area contributed by atoms with E-state index in [0.29, 0.717) is 13.2 Å². The number of pyridine rings is 1. The molecule has 2 rings (SSSR count). The van der Waals surface area contributed by atoms with Crippen LogP contribution in [0.1, 0.15) is 25.5 Å². The van der Waals surface area contributed by atoms with E-state index in [-0.39, 0.29) is 18.8 Å². The van der Waals surface area contributed by atoms with Gasteiger partial charge in [0.1, 0.15) is 5.82 Å². The first-order valence-electron chi connectivity index (χ1n) is 6.25. The molecular weight excluding hydrogens is 232 g/mol. The highest BCUT2D eigenvalue weighted by atomic mass is 16.5. The Morgan fingerprint density at radius 2 is 2.33 bits per heavy atom. The lowest BCUT2D eigenvalue weighted by Gasteiger charge is -2.38. The van der Waals surface area contributed by atoms with Crippen molar-refractivity contribution in [3.63, 3.8) is 0 Å². The molecule has 1 fully saturated rings. The molecule has 18 heavy (non-hydrogen) atoms. The van der Waals surface area contributed by atoms with Gasteiger partial charge in [-0.25, -0.2) is 4.98 Å². The summed E-state index contributed by atoms with van der Waals surface area (Å²) in [7, 11) is 0. The summed E-state index contributed by atoms with van der Waals surface area (Å²) in [6.07, 6.45) is 1.04. The summed E-state index contributed by atoms with van der Waals surface area (Å²) >= 11 is 0. The molecule has 5 nitrogen and oxygen atoms in total. The van der Waals surface area contributed by atoms with Gasteiger partial charge >= 0.3 is 0 Å². The van der Waals surface area contributed by atoms with Crippen molar-refractivity contribution in [1.82, 2.24) is 4.98 Å². The number of nitrogens with zero attached hydrogens (tertiary/aromatic N) is 2. The first-order chi connectivity index (χ1) is 8.61. The molecule has 0 saturated carbocycles. The molecule has 0 spiro atoms. The lowest BCUT2D eigenvalue weighted by Crippen LogP contribution is -2.49. The van der Waals surface area contributed by atoms with Gasteiger partial charge in [0.25, 0.3) is 0 Å². The minimum Gasteiger partial charge on any atom is -0.394 e. The zero-order chi connectivity index (χ0) is 13.1. The maximum atomic E-state index is 9.45. The van der Waals surface area contributed by atoms with Gasteiger partial charge in [-0.05, 0) is 25.5 Å². The molecule has 2 heterocycles. The Bertz CT molecular complexity index is 380. The van der Waals surface area contributed by atoms with Crippen LogP contribution < -0.4 is 4.90 Å². The number of aliphatic hydroxyl groups excluding tert-OH is 2. The third-order valence-corrected chi connectivity index (χ3v) is 3.26. The normalized spacial score (nSPS) is 26.1. The fourth-order valence-corrected chi connectivity index (χ4v) is 2.06. The molecule has 100 valence electrons. The quantitative estimate of drug-likeness (QED) is 0.830. The average molecular weight is 252 g/mol. The van der Waals surface area contributed by atoms with Crippen LogP contribution in [0.2, 0.25) is 0 Å². The Morgan fingerprint density at radius 3 is 2.89 bits per heavy atom. The van der Waals surface area contributed by atoms with Gasteiger partial charge in [-0.2, -0.15) is 0 Å². The number of anilines is 1. The number of hydrogen-bond donors (Lipinski definition) is 2. The second-order valence-electron chi connectivity index (χ2n) is 4.77. The first kappa shape index (κ1) is 13.3. The van der Waals surface area contributed by atoms with Crippen molar-refractivity contribution >= 4 is 5.82 Å². The summed E-state index contributed by atoms with van der Waals surface area (Å²) in [5.41, 5.74) is 0.804. The van der Waals surface area contributed by atoms with Gasteiger partial charge in [0.15, 0.2) is 0 Å². The lowest BCUT2D eigenvalue weighted by molar-refractivity contribution is -0.0105. The molecule has 0 bridgehead atoms. The van der Waals surface area contributed by atoms with Crippen molar-refractivity contribution in [3.05, 3.63) is 23.9 Å². The predicted molar refractivity (Wildman–Crippen MR) is 68.5 cm³/mol. The molecule has 1 aromatic heterocycles. The monoisotopic (exact) mass is 252 g/mol. The van der Waals surface area contributed by atoms with E-state index >= 15 is 0 Å². The number of morpholine rings is 1. The van der Waals surface area contributed by atoms with Gasteiger partial charge in [0, 0.05) is 12.7 Å². The Balaban J connectivity index is 2.13. The van der Waals surface area contributed by atoms with Gasteiger partial charge in [-0.1, -0.05) is 6.07 Å². The molecule has 2 N–H and O–H groups in total. The van der Waals surface area contributed by atoms with E-state index in [0.717, 1.165) is 11.4 Å². The van der Waals surface area contributed by atoms with E-state index in [1.54, 1.807) is 13.1 Å². The molecule has 0 aromatic carbocycles. The maximum Gasteiger partial charge on any atom is 0.128 e. The zero-order valence-corrected chi connectivity index (χ0v) is 10.8. The topological polar surface area (TPSA) is 65.8 Å². The Hall–Kier alpha value is -1.17. The van der Waals surface area contributed by atoms with Crippen LogP contribution in [0.25, 0.3) is 0 Å². The highest BCUT2D eigenvalue weighted by Crippen LogP contribution is 2.21. The molecule has 5 heteroatoms. The van der Waals surface area contributed by atoms with Crippen LogP contribution >= 0.6 is 0 Å². The lowest BCUT2D eigenvalue weighted by atomic mass is 10.1. The molecule has 1 aliphatic rings. The number of aromatic nitrogens is 1. The highest BCUT2D eigenvalue weighted by molar-refractivity contribution is 5.41. The fraction of sp³-hybridized carbons (Fsp3) is 0.615. The van der Waals surface area contributed by atoms with Gasteiger partial charge in [-0.15, -0.1) is 0 Å². The van der Waals surface area contributed by atoms with E-state index in [2.05, 4.69) is 16.8 Å². The van der Waals surface area contributed by atoms with E-state index in [1.807, 2.05) is 12.1 Å². The van der Waals surface area contributed by atoms with E-state index < -0.39 is 6.10 Å². The van der Waals surface area contributed by atoms with Gasteiger partial charge < -0.3 is 19.8 Å². The summed E-state index contributed by atoms with van der Waals surface area (Å²) in [5, 5.41) is 18.6. The third kappa shape index (κ3) is 2.80. The molecule has 2 unspecified atom stereocenters. The van der Waals surface area contributed by atoms with Crippen molar-refractivity contribution in [3.8, 4) is 0 Å². The average Bonchev–Trinajstić information content (AvgIpc) is 2.39. The summed E-state index contributed by atoms with van der Waals surface area (Å²) in [6, 6.07) is 4.01. The van der Waals surface area contributed by atoms with E-state index in [1.165, 1.54) is 0 Å². The largest absolute Gasteiger partial charge is 0.394 e. The molecule has 1 aromatic rings. The second-order valence-corrected chi connectivity index (χ2v) is 4.77. The van der Waals surface area contributed by atoms with Crippen LogP contribution in [0, 0.1) is 0 Å². The molecule has 3 atom stereocenters. The predicted octanol–water partition coefficient (Wildman–Crippen LogP) is 0.721. The molecule has 0 amide bonds. The van der Waals surface area contributed by atoms with Crippen LogP contribution in [0.4, 0.5) is 5.82 Å². The minimum absolute atomic E-state index is 0.0228. The van der Waals surface area contributed by atoms with Crippen LogP contribution in [0.5, 0.6) is 0 Å². The van der Waals surface area contributed by atoms with Crippen molar-refractivity contribution in [2.45, 2.75) is 32.1 Å². The third-order valence-electron chi connectivity index (χ3n) is 3.26. The van der Waals surface area contributed by atoms with Crippen molar-refractivity contribution in [2.75, 3.05) is 24.7 Å². The van der Waals surface area contributed by atoms with Gasteiger partial charge in [0.2, 0.25) is 0 Å². The molecule has 0 radical (unpaired) electrons. The fourth-order valence-electron chi connectivity index (χ4n) is 2.06. The molecular formula is C13H20N2O3. The first-order valence-corrected chi connectivity index (χ1v) is 6.25. The van der Waals surface area contributed by atoms with Crippen LogP contribution in [-0.4, -0.2) is 47.1 Å². The van der Waals surface area contributed by atoms with Crippen molar-refractivity contribution in [2.24, 2.45) is 0 Å². The van der Waals surface area contributed by atoms with Crippen LogP contribution in [0.15, 0.2) is 18.3 Å². The van der Waals surface area contributed by atoms with Gasteiger partial charge in [-0.3, -0.25) is 0 Å². The minimum atomic E-state index is -0.501. The second kappa shape index (κ2) is 5.65. The summed E-state index contributed by atoms with van der Waals surface area (Å²) < 4.78 is 5.49. The maximum absolute atomic E-state index is 9.45. The molecule has 1 aliphatic heterocycles. The Morgan fingerprint density at radius 1 is 1.56 bits per heavy atom. The van der Waals surface area contributed by atoms with Gasteiger partial charge in [0.05, 0.1) is 31.5 Å². The van der Waals surface area contributed by atoms with Crippen LogP contribution in [-0.2, 0) is 4.74 Å². The molecule has 0 aliphatic carbocycles. The van der Waals surface area contributed by atoms with Crippen LogP contribution in [0.3, 0.4) is 0 Å². The number of ether oxygens (including phenoxy) is 1. The van der Waals surface area contributed by atoms with E-state index in [4.69, 9.17) is 9.84 Å². The smallest absolute Gasteiger partial charge is 0.128 e. The highest BCUT2D eigenvalue weighted by Gasteiger charge is 2.26. The van der Waals surface area contributed by atoms with Crippen molar-refractivity contribution in [1.29, 1.82) is 0 Å². The van der Waals surface area contributed by atoms with E-state index in [9.17, 15) is 5.11 Å². The molecule has 1 saturated heterocycles. The number of rotatable bonds is 3. The zero-order valence-electron chi connectivity index (χ0n) is 10.8. The Labute approximate surface area is 107 Å². The Kier molecular flexibility index (Phi) is 4.16. The number of hydrogen-bond acceptors (Lipinski definition) is 5. The number of aliphatic hydroxyl groups is 2. The summed E-state index contributed by atoms with van der Waals surface area (Å²) in [4.78, 5) is 6.49. The SMILES string of the molecule is CC1COC(CO)CN1c1ccc([C@H](C)O)cn1. The summed E-state index contributed by atoms with van der Waals surface area (Å²) in [6.45, 7) is 5.03. The standard InChI is InChI=1S/C13H20N2O3/c1-9-8-18-12(7-16)6-15(9)13-4-3-11(5-14-13)10(2)17/h3-5,9-10,12,16-17H,6-8H2,1-2H3/t9?,10-,12?/m0/s1.